The highest BCUT2D eigenvalue weighted by Crippen LogP contribution is 2.39. The summed E-state index contributed by atoms with van der Waals surface area (Å²) < 4.78 is 14.7. The van der Waals surface area contributed by atoms with Crippen LogP contribution >= 0.6 is 12.6 Å². The SMILES string of the molecule is O=C(O)CCCN1N=NCC1C=C1CN(C(C(=O)C2CC2)c2ccccc2F)CCC1S. The molecule has 3 aliphatic rings. The molecule has 2 aliphatic heterocycles. The number of hydrogen-bond acceptors (Lipinski definition) is 7. The quantitative estimate of drug-likeness (QED) is 0.434. The molecule has 1 saturated carbocycles. The molecule has 0 bridgehead atoms. The molecular weight excluding hydrogens is 431 g/mol. The molecule has 4 rings (SSSR count). The fourth-order valence-electron chi connectivity index (χ4n) is 4.45. The van der Waals surface area contributed by atoms with Crippen LogP contribution in [0.2, 0.25) is 0 Å². The van der Waals surface area contributed by atoms with E-state index in [1.165, 1.54) is 6.07 Å². The van der Waals surface area contributed by atoms with E-state index in [9.17, 15) is 14.0 Å². The van der Waals surface area contributed by atoms with Crippen LogP contribution in [-0.4, -0.2) is 64.2 Å². The lowest BCUT2D eigenvalue weighted by Gasteiger charge is -2.38. The second kappa shape index (κ2) is 10.1. The van der Waals surface area contributed by atoms with Gasteiger partial charge in [-0.05, 0) is 37.3 Å². The average molecular weight is 461 g/mol. The highest BCUT2D eigenvalue weighted by Gasteiger charge is 2.41. The van der Waals surface area contributed by atoms with Gasteiger partial charge in [0.2, 0.25) is 0 Å². The molecule has 32 heavy (non-hydrogen) atoms. The Morgan fingerprint density at radius 2 is 2.06 bits per heavy atom. The van der Waals surface area contributed by atoms with Crippen LogP contribution < -0.4 is 0 Å². The van der Waals surface area contributed by atoms with E-state index in [2.05, 4.69) is 21.3 Å². The monoisotopic (exact) mass is 460 g/mol. The topological polar surface area (TPSA) is 85.6 Å². The average Bonchev–Trinajstić information content (AvgIpc) is 3.53. The summed E-state index contributed by atoms with van der Waals surface area (Å²) in [5.41, 5.74) is 1.52. The first-order chi connectivity index (χ1) is 15.4. The van der Waals surface area contributed by atoms with E-state index in [1.54, 1.807) is 18.2 Å². The number of carboxylic acid groups (broad SMARTS) is 1. The van der Waals surface area contributed by atoms with Gasteiger partial charge in [-0.3, -0.25) is 19.5 Å². The number of likely N-dealkylation sites (tertiary alicyclic amines) is 1. The van der Waals surface area contributed by atoms with Gasteiger partial charge < -0.3 is 5.11 Å². The Balaban J connectivity index is 1.51. The van der Waals surface area contributed by atoms with Crippen molar-refractivity contribution in [2.45, 2.75) is 49.4 Å². The van der Waals surface area contributed by atoms with E-state index >= 15 is 0 Å². The van der Waals surface area contributed by atoms with Gasteiger partial charge in [-0.1, -0.05) is 29.5 Å². The van der Waals surface area contributed by atoms with E-state index in [1.807, 2.05) is 5.01 Å². The minimum atomic E-state index is -0.825. The third kappa shape index (κ3) is 5.38. The molecule has 0 radical (unpaired) electrons. The number of hydrogen-bond donors (Lipinski definition) is 2. The maximum absolute atomic E-state index is 14.7. The van der Waals surface area contributed by atoms with E-state index in [-0.39, 0.29) is 35.2 Å². The van der Waals surface area contributed by atoms with Crippen molar-refractivity contribution in [2.24, 2.45) is 16.3 Å². The van der Waals surface area contributed by atoms with Gasteiger partial charge >= 0.3 is 5.97 Å². The van der Waals surface area contributed by atoms with Crippen molar-refractivity contribution in [2.75, 3.05) is 26.2 Å². The Bertz CT molecular complexity index is 920. The maximum Gasteiger partial charge on any atom is 0.303 e. The summed E-state index contributed by atoms with van der Waals surface area (Å²) in [5, 5.41) is 19.0. The predicted molar refractivity (Wildman–Crippen MR) is 121 cm³/mol. The third-order valence-corrected chi connectivity index (χ3v) is 6.92. The lowest BCUT2D eigenvalue weighted by molar-refractivity contribution is -0.137. The number of benzene rings is 1. The van der Waals surface area contributed by atoms with Gasteiger partial charge in [-0.25, -0.2) is 4.39 Å². The van der Waals surface area contributed by atoms with Crippen molar-refractivity contribution >= 4 is 24.4 Å². The number of carbonyl (C=O) groups excluding carboxylic acids is 1. The molecule has 1 aliphatic carbocycles. The zero-order valence-electron chi connectivity index (χ0n) is 17.9. The molecule has 1 aromatic carbocycles. The summed E-state index contributed by atoms with van der Waals surface area (Å²) >= 11 is 4.77. The first-order valence-electron chi connectivity index (χ1n) is 11.2. The van der Waals surface area contributed by atoms with Crippen LogP contribution in [0.15, 0.2) is 46.3 Å². The highest BCUT2D eigenvalue weighted by atomic mass is 32.1. The zero-order chi connectivity index (χ0) is 22.7. The molecular formula is C23H29FN4O3S. The Morgan fingerprint density at radius 3 is 2.78 bits per heavy atom. The lowest BCUT2D eigenvalue weighted by atomic mass is 9.93. The fourth-order valence-corrected chi connectivity index (χ4v) is 4.73. The first-order valence-corrected chi connectivity index (χ1v) is 11.7. The molecule has 1 N–H and O–H groups in total. The summed E-state index contributed by atoms with van der Waals surface area (Å²) in [7, 11) is 0. The Morgan fingerprint density at radius 1 is 1.28 bits per heavy atom. The van der Waals surface area contributed by atoms with Crippen molar-refractivity contribution in [3.8, 4) is 0 Å². The van der Waals surface area contributed by atoms with Crippen LogP contribution in [0.3, 0.4) is 0 Å². The van der Waals surface area contributed by atoms with E-state index in [0.29, 0.717) is 38.2 Å². The van der Waals surface area contributed by atoms with Crippen molar-refractivity contribution in [1.29, 1.82) is 0 Å². The second-order valence-corrected chi connectivity index (χ2v) is 9.38. The van der Waals surface area contributed by atoms with Gasteiger partial charge in [0.1, 0.15) is 5.82 Å². The number of halogens is 1. The van der Waals surface area contributed by atoms with Gasteiger partial charge in [-0.2, -0.15) is 17.7 Å². The molecule has 2 fully saturated rings. The van der Waals surface area contributed by atoms with Crippen LogP contribution in [-0.2, 0) is 9.59 Å². The van der Waals surface area contributed by atoms with Gasteiger partial charge in [-0.15, -0.1) is 0 Å². The zero-order valence-corrected chi connectivity index (χ0v) is 18.8. The molecule has 2 heterocycles. The highest BCUT2D eigenvalue weighted by molar-refractivity contribution is 7.81. The molecule has 7 nitrogen and oxygen atoms in total. The second-order valence-electron chi connectivity index (χ2n) is 8.76. The molecule has 0 spiro atoms. The van der Waals surface area contributed by atoms with Gasteiger partial charge in [0, 0.05) is 42.8 Å². The number of nitrogens with zero attached hydrogens (tertiary/aromatic N) is 4. The minimum absolute atomic E-state index is 0.0259. The number of rotatable bonds is 9. The summed E-state index contributed by atoms with van der Waals surface area (Å²) in [5.74, 6) is -1.04. The normalized spacial score (nSPS) is 25.9. The van der Waals surface area contributed by atoms with E-state index in [0.717, 1.165) is 24.8 Å². The standard InChI is InChI=1S/C23H29FN4O3S/c24-19-5-2-1-4-18(19)22(23(31)15-7-8-15)27-11-9-20(32)16(14-27)12-17-13-25-26-28(17)10-3-6-21(29)30/h1-2,4-5,12,15,17,20,22,32H,3,6-11,13-14H2,(H,29,30). The van der Waals surface area contributed by atoms with Crippen LogP contribution in [0.4, 0.5) is 4.39 Å². The van der Waals surface area contributed by atoms with Crippen LogP contribution in [0.5, 0.6) is 0 Å². The van der Waals surface area contributed by atoms with Crippen molar-refractivity contribution in [1.82, 2.24) is 9.91 Å². The van der Waals surface area contributed by atoms with Gasteiger partial charge in [0.15, 0.2) is 5.78 Å². The van der Waals surface area contributed by atoms with Gasteiger partial charge in [0.25, 0.3) is 0 Å². The van der Waals surface area contributed by atoms with Crippen LogP contribution in [0.1, 0.15) is 43.7 Å². The van der Waals surface area contributed by atoms with Crippen LogP contribution in [0, 0.1) is 11.7 Å². The van der Waals surface area contributed by atoms with Crippen LogP contribution in [0.25, 0.3) is 0 Å². The molecule has 0 aromatic heterocycles. The number of thiol groups is 1. The number of carbonyl (C=O) groups is 2. The number of aliphatic carboxylic acids is 1. The van der Waals surface area contributed by atoms with E-state index < -0.39 is 12.0 Å². The summed E-state index contributed by atoms with van der Waals surface area (Å²) in [4.78, 5) is 26.1. The maximum atomic E-state index is 14.7. The molecule has 1 saturated heterocycles. The number of ketones is 1. The molecule has 0 amide bonds. The molecule has 3 unspecified atom stereocenters. The number of piperidine rings is 1. The third-order valence-electron chi connectivity index (χ3n) is 6.33. The summed E-state index contributed by atoms with van der Waals surface area (Å²) in [6, 6.07) is 5.92. The number of Topliss-reactive ketones (excluding diaryl/α,β-unsaturated/α-hetero) is 1. The van der Waals surface area contributed by atoms with Gasteiger partial charge in [0.05, 0.1) is 18.6 Å². The van der Waals surface area contributed by atoms with Crippen molar-refractivity contribution < 1.29 is 19.1 Å². The predicted octanol–water partition coefficient (Wildman–Crippen LogP) is 3.69. The molecule has 172 valence electrons. The number of carboxylic acids is 1. The largest absolute Gasteiger partial charge is 0.481 e. The summed E-state index contributed by atoms with van der Waals surface area (Å²) in [6.07, 6.45) is 5.21. The molecule has 3 atom stereocenters. The Kier molecular flexibility index (Phi) is 7.25. The van der Waals surface area contributed by atoms with Crippen molar-refractivity contribution in [3.05, 3.63) is 47.3 Å². The molecule has 1 aromatic rings. The smallest absolute Gasteiger partial charge is 0.303 e. The molecule has 9 heteroatoms. The lowest BCUT2D eigenvalue weighted by Crippen LogP contribution is -2.43. The Labute approximate surface area is 192 Å². The Hall–Kier alpha value is -2.26. The van der Waals surface area contributed by atoms with E-state index in [4.69, 9.17) is 17.7 Å². The summed E-state index contributed by atoms with van der Waals surface area (Å²) in [6.45, 7) is 2.23. The minimum Gasteiger partial charge on any atom is -0.481 e. The fraction of sp³-hybridized carbons (Fsp3) is 0.565. The van der Waals surface area contributed by atoms with Crippen molar-refractivity contribution in [3.63, 3.8) is 0 Å². The first kappa shape index (κ1) is 22.9.